The molecular weight excluding hydrogens is 166 g/mol. The summed E-state index contributed by atoms with van der Waals surface area (Å²) in [4.78, 5) is 10.3. The molecule has 13 heavy (non-hydrogen) atoms. The molecule has 1 atom stereocenters. The molecule has 0 aliphatic rings. The van der Waals surface area contributed by atoms with Gasteiger partial charge in [-0.25, -0.2) is 0 Å². The summed E-state index contributed by atoms with van der Waals surface area (Å²) in [5.41, 5.74) is 0. The Hall–Kier alpha value is -0.570. The van der Waals surface area contributed by atoms with Crippen LogP contribution in [0, 0.1) is 5.92 Å². The van der Waals surface area contributed by atoms with Crippen LogP contribution in [0.3, 0.4) is 0 Å². The van der Waals surface area contributed by atoms with Gasteiger partial charge in [-0.3, -0.25) is 4.79 Å². The molecule has 0 amide bonds. The van der Waals surface area contributed by atoms with E-state index in [1.54, 1.807) is 0 Å². The Morgan fingerprint density at radius 1 is 1.38 bits per heavy atom. The maximum absolute atomic E-state index is 10.3. The molecule has 0 saturated heterocycles. The molecule has 0 aliphatic heterocycles. The molecule has 78 valence electrons. The molecule has 0 saturated carbocycles. The number of nitrogens with one attached hydrogen (secondary N) is 1. The Balaban J connectivity index is 3.19. The van der Waals surface area contributed by atoms with E-state index >= 15 is 0 Å². The highest BCUT2D eigenvalue weighted by Crippen LogP contribution is 2.13. The van der Waals surface area contributed by atoms with Gasteiger partial charge in [-0.05, 0) is 32.4 Å². The van der Waals surface area contributed by atoms with Crippen molar-refractivity contribution >= 4 is 5.97 Å². The van der Waals surface area contributed by atoms with Crippen molar-refractivity contribution in [3.8, 4) is 0 Å². The number of aliphatic carboxylic acids is 1. The molecule has 0 unspecified atom stereocenters. The maximum Gasteiger partial charge on any atom is 0.303 e. The predicted octanol–water partition coefficient (Wildman–Crippen LogP) is 1.88. The average molecular weight is 187 g/mol. The zero-order chi connectivity index (χ0) is 10.1. The van der Waals surface area contributed by atoms with Crippen LogP contribution in [0.25, 0.3) is 0 Å². The van der Waals surface area contributed by atoms with E-state index < -0.39 is 5.97 Å². The fraction of sp³-hybridized carbons (Fsp3) is 0.900. The van der Waals surface area contributed by atoms with Crippen molar-refractivity contribution in [2.45, 2.75) is 39.0 Å². The lowest BCUT2D eigenvalue weighted by Crippen LogP contribution is -2.08. The van der Waals surface area contributed by atoms with Crippen LogP contribution in [-0.4, -0.2) is 24.7 Å². The first-order valence-corrected chi connectivity index (χ1v) is 5.03. The molecule has 3 nitrogen and oxygen atoms in total. The van der Waals surface area contributed by atoms with Crippen molar-refractivity contribution in [2.75, 3.05) is 13.6 Å². The summed E-state index contributed by atoms with van der Waals surface area (Å²) in [5, 5.41) is 11.6. The molecule has 3 heteroatoms. The van der Waals surface area contributed by atoms with Crippen LogP contribution in [0.4, 0.5) is 0 Å². The molecule has 0 spiro atoms. The van der Waals surface area contributed by atoms with E-state index in [0.717, 1.165) is 19.4 Å². The van der Waals surface area contributed by atoms with Gasteiger partial charge >= 0.3 is 5.97 Å². The minimum Gasteiger partial charge on any atom is -0.481 e. The quantitative estimate of drug-likeness (QED) is 0.570. The van der Waals surface area contributed by atoms with Crippen LogP contribution >= 0.6 is 0 Å². The smallest absolute Gasteiger partial charge is 0.303 e. The van der Waals surface area contributed by atoms with Gasteiger partial charge in [-0.15, -0.1) is 0 Å². The highest BCUT2D eigenvalue weighted by molar-refractivity contribution is 5.66. The van der Waals surface area contributed by atoms with Crippen molar-refractivity contribution in [3.63, 3.8) is 0 Å². The van der Waals surface area contributed by atoms with Crippen LogP contribution < -0.4 is 5.32 Å². The summed E-state index contributed by atoms with van der Waals surface area (Å²) in [6.45, 7) is 3.19. The second-order valence-electron chi connectivity index (χ2n) is 3.64. The van der Waals surface area contributed by atoms with E-state index in [9.17, 15) is 4.79 Å². The first-order chi connectivity index (χ1) is 6.16. The number of carbonyl (C=O) groups is 1. The number of hydrogen-bond donors (Lipinski definition) is 2. The third-order valence-corrected chi connectivity index (χ3v) is 2.22. The van der Waals surface area contributed by atoms with Gasteiger partial charge in [0.2, 0.25) is 0 Å². The maximum atomic E-state index is 10.3. The topological polar surface area (TPSA) is 49.3 Å². The first kappa shape index (κ1) is 12.4. The van der Waals surface area contributed by atoms with Gasteiger partial charge in [0.1, 0.15) is 0 Å². The number of carboxylic acid groups (broad SMARTS) is 1. The van der Waals surface area contributed by atoms with E-state index in [2.05, 4.69) is 12.2 Å². The summed E-state index contributed by atoms with van der Waals surface area (Å²) in [5.74, 6) is -0.130. The Morgan fingerprint density at radius 2 is 2.08 bits per heavy atom. The third-order valence-electron chi connectivity index (χ3n) is 2.22. The summed E-state index contributed by atoms with van der Waals surface area (Å²) in [6, 6.07) is 0. The average Bonchev–Trinajstić information content (AvgIpc) is 2.09. The van der Waals surface area contributed by atoms with Gasteiger partial charge in [0.15, 0.2) is 0 Å². The Morgan fingerprint density at radius 3 is 2.62 bits per heavy atom. The SMILES string of the molecule is CNCCCC[C@H](C)CCC(=O)O. The van der Waals surface area contributed by atoms with Gasteiger partial charge in [0.05, 0.1) is 0 Å². The standard InChI is InChI=1S/C10H21NO2/c1-9(6-7-10(12)13)5-3-4-8-11-2/h9,11H,3-8H2,1-2H3,(H,12,13)/t9-/m0/s1. The molecule has 2 N–H and O–H groups in total. The van der Waals surface area contributed by atoms with Crippen molar-refractivity contribution in [1.29, 1.82) is 0 Å². The Kier molecular flexibility index (Phi) is 7.69. The van der Waals surface area contributed by atoms with E-state index in [0.29, 0.717) is 12.3 Å². The van der Waals surface area contributed by atoms with E-state index in [4.69, 9.17) is 5.11 Å². The monoisotopic (exact) mass is 187 g/mol. The summed E-state index contributed by atoms with van der Waals surface area (Å²) in [6.07, 6.45) is 4.66. The van der Waals surface area contributed by atoms with E-state index in [1.807, 2.05) is 7.05 Å². The first-order valence-electron chi connectivity index (χ1n) is 5.03. The zero-order valence-electron chi connectivity index (χ0n) is 8.68. The van der Waals surface area contributed by atoms with Gasteiger partial charge in [-0.1, -0.05) is 19.8 Å². The molecule has 0 radical (unpaired) electrons. The second kappa shape index (κ2) is 8.05. The van der Waals surface area contributed by atoms with Gasteiger partial charge in [0.25, 0.3) is 0 Å². The van der Waals surface area contributed by atoms with Crippen molar-refractivity contribution in [2.24, 2.45) is 5.92 Å². The summed E-state index contributed by atoms with van der Waals surface area (Å²) < 4.78 is 0. The highest BCUT2D eigenvalue weighted by atomic mass is 16.4. The lowest BCUT2D eigenvalue weighted by molar-refractivity contribution is -0.137. The second-order valence-corrected chi connectivity index (χ2v) is 3.64. The minimum absolute atomic E-state index is 0.313. The van der Waals surface area contributed by atoms with Crippen molar-refractivity contribution in [1.82, 2.24) is 5.32 Å². The number of carboxylic acids is 1. The molecule has 0 rings (SSSR count). The zero-order valence-corrected chi connectivity index (χ0v) is 8.68. The molecule has 0 bridgehead atoms. The normalized spacial score (nSPS) is 12.8. The van der Waals surface area contributed by atoms with Crippen molar-refractivity contribution < 1.29 is 9.90 Å². The minimum atomic E-state index is -0.679. The number of rotatable bonds is 8. The van der Waals surface area contributed by atoms with Gasteiger partial charge < -0.3 is 10.4 Å². The van der Waals surface area contributed by atoms with Gasteiger partial charge in [0, 0.05) is 6.42 Å². The fourth-order valence-electron chi connectivity index (χ4n) is 1.31. The lowest BCUT2D eigenvalue weighted by atomic mass is 9.99. The van der Waals surface area contributed by atoms with E-state index in [-0.39, 0.29) is 0 Å². The fourth-order valence-corrected chi connectivity index (χ4v) is 1.31. The van der Waals surface area contributed by atoms with Crippen LogP contribution in [-0.2, 0) is 4.79 Å². The lowest BCUT2D eigenvalue weighted by Gasteiger charge is -2.08. The molecular formula is C10H21NO2. The summed E-state index contributed by atoms with van der Waals surface area (Å²) in [7, 11) is 1.95. The van der Waals surface area contributed by atoms with Crippen LogP contribution in [0.2, 0.25) is 0 Å². The number of unbranched alkanes of at least 4 members (excludes halogenated alkanes) is 1. The van der Waals surface area contributed by atoms with E-state index in [1.165, 1.54) is 12.8 Å². The third kappa shape index (κ3) is 9.34. The molecule has 0 aromatic heterocycles. The molecule has 0 heterocycles. The van der Waals surface area contributed by atoms with Gasteiger partial charge in [-0.2, -0.15) is 0 Å². The largest absolute Gasteiger partial charge is 0.481 e. The van der Waals surface area contributed by atoms with Crippen LogP contribution in [0.1, 0.15) is 39.0 Å². The van der Waals surface area contributed by atoms with Crippen LogP contribution in [0.15, 0.2) is 0 Å². The molecule has 0 aliphatic carbocycles. The molecule has 0 aromatic rings. The van der Waals surface area contributed by atoms with Crippen LogP contribution in [0.5, 0.6) is 0 Å². The Bertz CT molecular complexity index is 137. The summed E-state index contributed by atoms with van der Waals surface area (Å²) >= 11 is 0. The highest BCUT2D eigenvalue weighted by Gasteiger charge is 2.04. The molecule has 0 fully saturated rings. The Labute approximate surface area is 80.5 Å². The van der Waals surface area contributed by atoms with Crippen molar-refractivity contribution in [3.05, 3.63) is 0 Å². The number of hydrogen-bond acceptors (Lipinski definition) is 2. The molecule has 0 aromatic carbocycles. The predicted molar refractivity (Wildman–Crippen MR) is 53.8 cm³/mol.